The molecule has 11 nitrogen and oxygen atoms in total. The summed E-state index contributed by atoms with van der Waals surface area (Å²) in [4.78, 5) is 33.8. The third kappa shape index (κ3) is 5.87. The lowest BCUT2D eigenvalue weighted by Crippen LogP contribution is -2.62. The van der Waals surface area contributed by atoms with Crippen molar-refractivity contribution < 1.29 is 28.4 Å². The molecule has 0 radical (unpaired) electrons. The topological polar surface area (TPSA) is 113 Å². The number of carbonyl (C=O) groups excluding carboxylic acids is 2. The van der Waals surface area contributed by atoms with E-state index in [1.165, 1.54) is 4.90 Å². The van der Waals surface area contributed by atoms with Crippen LogP contribution in [0.25, 0.3) is 6.08 Å². The summed E-state index contributed by atoms with van der Waals surface area (Å²) >= 11 is 1.16. The van der Waals surface area contributed by atoms with Gasteiger partial charge >= 0.3 is 5.88 Å². The van der Waals surface area contributed by atoms with Gasteiger partial charge in [-0.25, -0.2) is 4.99 Å². The van der Waals surface area contributed by atoms with E-state index in [4.69, 9.17) is 14.0 Å². The zero-order valence-electron chi connectivity index (χ0n) is 20.8. The molecule has 0 bridgehead atoms. The average Bonchev–Trinajstić information content (AvgIpc) is 3.54. The van der Waals surface area contributed by atoms with E-state index in [1.54, 1.807) is 17.1 Å². The summed E-state index contributed by atoms with van der Waals surface area (Å²) in [6.07, 6.45) is 3.31. The number of thioether (sulfide) groups is 1. The van der Waals surface area contributed by atoms with Crippen molar-refractivity contribution in [3.63, 3.8) is 0 Å². The normalized spacial score (nSPS) is 16.6. The number of aromatic nitrogens is 2. The Labute approximate surface area is 223 Å². The second-order valence-corrected chi connectivity index (χ2v) is 9.20. The number of amidine groups is 1. The quantitative estimate of drug-likeness (QED) is 0.346. The molecule has 1 aromatic heterocycles. The molecule has 38 heavy (non-hydrogen) atoms. The fraction of sp³-hybridized carbons (Fsp3) is 0.269. The van der Waals surface area contributed by atoms with E-state index in [-0.39, 0.29) is 29.1 Å². The maximum Gasteiger partial charge on any atom is 0.305 e. The smallest absolute Gasteiger partial charge is 0.305 e. The maximum atomic E-state index is 13.4. The zero-order chi connectivity index (χ0) is 26.3. The second kappa shape index (κ2) is 11.9. The first-order valence-corrected chi connectivity index (χ1v) is 13.2. The minimum Gasteiger partial charge on any atom is -0.493 e. The van der Waals surface area contributed by atoms with E-state index < -0.39 is 0 Å². The van der Waals surface area contributed by atoms with Crippen molar-refractivity contribution in [2.75, 3.05) is 53.9 Å². The minimum atomic E-state index is -0.317. The van der Waals surface area contributed by atoms with E-state index >= 15 is 0 Å². The predicted octanol–water partition coefficient (Wildman–Crippen LogP) is 2.44. The predicted molar refractivity (Wildman–Crippen MR) is 144 cm³/mol. The van der Waals surface area contributed by atoms with Gasteiger partial charge in [-0.05, 0) is 31.2 Å². The van der Waals surface area contributed by atoms with Crippen LogP contribution in [0.15, 0.2) is 76.0 Å². The summed E-state index contributed by atoms with van der Waals surface area (Å²) in [5, 5.41) is 9.02. The van der Waals surface area contributed by atoms with Crippen molar-refractivity contribution >= 4 is 46.4 Å². The van der Waals surface area contributed by atoms with Crippen LogP contribution < -0.4 is 24.8 Å². The summed E-state index contributed by atoms with van der Waals surface area (Å²) < 4.78 is 16.3. The Kier molecular flexibility index (Phi) is 8.00. The van der Waals surface area contributed by atoms with Crippen LogP contribution in [-0.2, 0) is 14.3 Å². The molecule has 1 fully saturated rings. The van der Waals surface area contributed by atoms with Crippen LogP contribution in [0.4, 0.5) is 11.6 Å². The Morgan fingerprint density at radius 2 is 1.92 bits per heavy atom. The highest BCUT2D eigenvalue weighted by atomic mass is 32.2. The highest BCUT2D eigenvalue weighted by Gasteiger charge is 2.33. The van der Waals surface area contributed by atoms with Gasteiger partial charge in [-0.3, -0.25) is 24.3 Å². The number of benzene rings is 2. The molecule has 12 heteroatoms. The Balaban J connectivity index is 1.31. The molecule has 1 saturated heterocycles. The van der Waals surface area contributed by atoms with Gasteiger partial charge in [0.15, 0.2) is 5.17 Å². The van der Waals surface area contributed by atoms with Crippen molar-refractivity contribution in [2.45, 2.75) is 6.92 Å². The molecule has 0 unspecified atom stereocenters. The van der Waals surface area contributed by atoms with Gasteiger partial charge < -0.3 is 9.47 Å². The summed E-state index contributed by atoms with van der Waals surface area (Å²) in [5.74, 6) is 0.296. The van der Waals surface area contributed by atoms with Gasteiger partial charge in [-0.2, -0.15) is 0 Å². The number of rotatable bonds is 8. The van der Waals surface area contributed by atoms with Crippen molar-refractivity contribution in [1.29, 1.82) is 0 Å². The standard InChI is InChI=1S/C26H26N6O5S/c1-2-36-22-11-7-6-8-19(22)16-21-25(34)32(20-9-4-3-5-10-20)26(27-21)38-18-23(33)28-24-17-31(29-37-24)30-12-14-35-15-13-30/h3-11,16-17H,2,12-15,18H2,1H3/p+1/b21-16+. The van der Waals surface area contributed by atoms with Crippen LogP contribution >= 0.6 is 11.8 Å². The third-order valence-electron chi connectivity index (χ3n) is 5.68. The van der Waals surface area contributed by atoms with Crippen LogP contribution in [-0.4, -0.2) is 60.9 Å². The van der Waals surface area contributed by atoms with Gasteiger partial charge in [-0.1, -0.05) is 48.2 Å². The largest absolute Gasteiger partial charge is 0.493 e. The number of carbonyl (C=O) groups is 2. The fourth-order valence-corrected chi connectivity index (χ4v) is 4.73. The molecule has 0 aliphatic carbocycles. The number of amides is 2. The first-order valence-electron chi connectivity index (χ1n) is 12.2. The number of anilines is 2. The van der Waals surface area contributed by atoms with Gasteiger partial charge in [0.1, 0.15) is 11.4 Å². The SMILES string of the molecule is CCOc1ccccc1/C=C1/N=C(SCC(=O)Nc2c[n+](N3CCOCC3)no2)N(c2ccccc2)C1=O. The van der Waals surface area contributed by atoms with Crippen molar-refractivity contribution in [3.05, 3.63) is 72.1 Å². The molecule has 2 aromatic carbocycles. The van der Waals surface area contributed by atoms with Gasteiger partial charge in [0, 0.05) is 5.56 Å². The number of hydrogen-bond donors (Lipinski definition) is 1. The van der Waals surface area contributed by atoms with Crippen LogP contribution in [0.3, 0.4) is 0 Å². The van der Waals surface area contributed by atoms with E-state index in [2.05, 4.69) is 15.6 Å². The monoisotopic (exact) mass is 535 g/mol. The first kappa shape index (κ1) is 25.5. The Morgan fingerprint density at radius 3 is 2.71 bits per heavy atom. The number of nitrogens with one attached hydrogen (secondary N) is 1. The minimum absolute atomic E-state index is 0.0104. The first-order chi connectivity index (χ1) is 18.6. The van der Waals surface area contributed by atoms with Gasteiger partial charge in [0.05, 0.1) is 49.1 Å². The summed E-state index contributed by atoms with van der Waals surface area (Å²) in [6.45, 7) is 4.96. The van der Waals surface area contributed by atoms with Crippen LogP contribution in [0.1, 0.15) is 12.5 Å². The summed E-state index contributed by atoms with van der Waals surface area (Å²) in [6, 6.07) is 16.7. The molecule has 1 N–H and O–H groups in total. The van der Waals surface area contributed by atoms with Gasteiger partial charge in [0.25, 0.3) is 12.1 Å². The van der Waals surface area contributed by atoms with Gasteiger partial charge in [-0.15, -0.1) is 5.01 Å². The lowest BCUT2D eigenvalue weighted by molar-refractivity contribution is -0.759. The van der Waals surface area contributed by atoms with Crippen LogP contribution in [0.2, 0.25) is 0 Å². The Morgan fingerprint density at radius 1 is 1.16 bits per heavy atom. The molecule has 3 heterocycles. The van der Waals surface area contributed by atoms with Crippen molar-refractivity contribution in [3.8, 4) is 5.75 Å². The fourth-order valence-electron chi connectivity index (χ4n) is 3.92. The Bertz CT molecular complexity index is 1350. The van der Waals surface area contributed by atoms with Crippen molar-refractivity contribution in [1.82, 2.24) is 5.27 Å². The van der Waals surface area contributed by atoms with Gasteiger partial charge in [0.2, 0.25) is 11.2 Å². The molecule has 196 valence electrons. The van der Waals surface area contributed by atoms with Crippen LogP contribution in [0.5, 0.6) is 5.75 Å². The molecule has 2 aliphatic heterocycles. The van der Waals surface area contributed by atoms with E-state index in [0.29, 0.717) is 49.5 Å². The molecule has 0 spiro atoms. The zero-order valence-corrected chi connectivity index (χ0v) is 21.6. The maximum absolute atomic E-state index is 13.4. The third-order valence-corrected chi connectivity index (χ3v) is 6.62. The average molecular weight is 536 g/mol. The second-order valence-electron chi connectivity index (χ2n) is 8.26. The molecule has 2 amide bonds. The summed E-state index contributed by atoms with van der Waals surface area (Å²) in [5.41, 5.74) is 1.66. The molecular formula is C26H27N6O5S+. The molecule has 0 atom stereocenters. The lowest BCUT2D eigenvalue weighted by Gasteiger charge is -2.18. The van der Waals surface area contributed by atoms with E-state index in [1.807, 2.05) is 66.5 Å². The lowest BCUT2D eigenvalue weighted by atomic mass is 10.1. The highest BCUT2D eigenvalue weighted by Crippen LogP contribution is 2.31. The number of para-hydroxylation sites is 2. The Hall–Kier alpha value is -4.16. The molecule has 3 aromatic rings. The van der Waals surface area contributed by atoms with E-state index in [9.17, 15) is 9.59 Å². The highest BCUT2D eigenvalue weighted by molar-refractivity contribution is 8.14. The van der Waals surface area contributed by atoms with Crippen molar-refractivity contribution in [2.24, 2.45) is 4.99 Å². The number of ether oxygens (including phenoxy) is 2. The number of nitrogens with zero attached hydrogens (tertiary/aromatic N) is 5. The molecule has 5 rings (SSSR count). The molecule has 0 saturated carbocycles. The number of aliphatic imine (C=N–C) groups is 1. The number of morpholine rings is 1. The van der Waals surface area contributed by atoms with Crippen LogP contribution in [0, 0.1) is 0 Å². The summed E-state index contributed by atoms with van der Waals surface area (Å²) in [7, 11) is 0. The molecule has 2 aliphatic rings. The number of hydrogen-bond acceptors (Lipinski definition) is 9. The molecular weight excluding hydrogens is 508 g/mol. The van der Waals surface area contributed by atoms with E-state index in [0.717, 1.165) is 17.3 Å².